The lowest BCUT2D eigenvalue weighted by Gasteiger charge is -2.41. The maximum Gasteiger partial charge on any atom is 0.324 e. The number of thiazole rings is 1. The van der Waals surface area contributed by atoms with E-state index in [1.54, 1.807) is 25.2 Å². The molecular weight excluding hydrogens is 480 g/mol. The van der Waals surface area contributed by atoms with Gasteiger partial charge in [0, 0.05) is 29.7 Å². The molecule has 0 bridgehead atoms. The van der Waals surface area contributed by atoms with Crippen LogP contribution in [0.3, 0.4) is 0 Å². The monoisotopic (exact) mass is 524 g/mol. The number of hydrogen-bond donors (Lipinski definition) is 1. The summed E-state index contributed by atoms with van der Waals surface area (Å²) < 4.78 is 24.5. The largest absolute Gasteiger partial charge is 0.324 e. The highest BCUT2D eigenvalue weighted by Gasteiger charge is 2.33. The fourth-order valence-electron chi connectivity index (χ4n) is 6.00. The molecule has 0 aromatic carbocycles. The van der Waals surface area contributed by atoms with Crippen LogP contribution in [0.5, 0.6) is 0 Å². The molecule has 198 valence electrons. The summed E-state index contributed by atoms with van der Waals surface area (Å²) in [5, 5.41) is 3.55. The highest BCUT2D eigenvalue weighted by Crippen LogP contribution is 2.31. The van der Waals surface area contributed by atoms with Crippen molar-refractivity contribution in [1.82, 2.24) is 14.8 Å². The Morgan fingerprint density at radius 2 is 1.60 bits per heavy atom. The Morgan fingerprint density at radius 3 is 2.14 bits per heavy atom. The standard InChI is InChI=1S/C26H44N4O3S2/c1-20(2)35(32,33)19-21-13-15-29(16-14-21)18-24-17-27-25(34-24)28-26(31)30(22-9-5-3-6-10-22)23-11-7-4-8-12-23/h17,20-23H,3-16,18-19H2,1-2H3,(H,27,28,31). The molecule has 2 aliphatic carbocycles. The fourth-order valence-corrected chi connectivity index (χ4v) is 8.22. The van der Waals surface area contributed by atoms with Gasteiger partial charge in [-0.3, -0.25) is 10.2 Å². The minimum absolute atomic E-state index is 0.0388. The highest BCUT2D eigenvalue weighted by atomic mass is 32.2. The molecule has 7 nitrogen and oxygen atoms in total. The topological polar surface area (TPSA) is 82.6 Å². The van der Waals surface area contributed by atoms with Crippen LogP contribution in [0.15, 0.2) is 6.20 Å². The molecule has 0 spiro atoms. The average Bonchev–Trinajstić information content (AvgIpc) is 3.28. The minimum Gasteiger partial charge on any atom is -0.319 e. The van der Waals surface area contributed by atoms with E-state index < -0.39 is 9.84 Å². The lowest BCUT2D eigenvalue weighted by atomic mass is 9.89. The van der Waals surface area contributed by atoms with Gasteiger partial charge in [0.05, 0.1) is 11.0 Å². The minimum atomic E-state index is -2.98. The molecule has 0 atom stereocenters. The zero-order valence-corrected chi connectivity index (χ0v) is 23.2. The molecule has 2 saturated carbocycles. The van der Waals surface area contributed by atoms with Gasteiger partial charge in [0.15, 0.2) is 15.0 Å². The van der Waals surface area contributed by atoms with Crippen LogP contribution in [0.25, 0.3) is 0 Å². The van der Waals surface area contributed by atoms with Crippen molar-refractivity contribution in [2.24, 2.45) is 5.92 Å². The van der Waals surface area contributed by atoms with Gasteiger partial charge in [-0.05, 0) is 71.4 Å². The van der Waals surface area contributed by atoms with E-state index in [1.807, 2.05) is 6.20 Å². The summed E-state index contributed by atoms with van der Waals surface area (Å²) in [6.07, 6.45) is 15.7. The number of aromatic nitrogens is 1. The number of piperidine rings is 1. The Balaban J connectivity index is 1.30. The van der Waals surface area contributed by atoms with Crippen LogP contribution < -0.4 is 5.32 Å². The van der Waals surface area contributed by atoms with E-state index in [-0.39, 0.29) is 17.2 Å². The summed E-state index contributed by atoms with van der Waals surface area (Å²) in [5.74, 6) is 0.578. The van der Waals surface area contributed by atoms with E-state index in [1.165, 1.54) is 38.5 Å². The Labute approximate surface area is 216 Å². The van der Waals surface area contributed by atoms with Crippen molar-refractivity contribution < 1.29 is 13.2 Å². The van der Waals surface area contributed by atoms with Gasteiger partial charge < -0.3 is 4.90 Å². The van der Waals surface area contributed by atoms with Crippen molar-refractivity contribution in [3.8, 4) is 0 Å². The van der Waals surface area contributed by atoms with Gasteiger partial charge in [-0.25, -0.2) is 18.2 Å². The average molecular weight is 525 g/mol. The number of carbonyl (C=O) groups excluding carboxylic acids is 1. The first-order chi connectivity index (χ1) is 16.8. The lowest BCUT2D eigenvalue weighted by molar-refractivity contribution is 0.114. The van der Waals surface area contributed by atoms with Gasteiger partial charge in [-0.2, -0.15) is 0 Å². The molecule has 3 aliphatic rings. The molecule has 2 amide bonds. The van der Waals surface area contributed by atoms with Gasteiger partial charge in [0.25, 0.3) is 0 Å². The molecule has 1 aromatic rings. The summed E-state index contributed by atoms with van der Waals surface area (Å²) in [6.45, 7) is 6.18. The van der Waals surface area contributed by atoms with Crippen LogP contribution in [0.2, 0.25) is 0 Å². The van der Waals surface area contributed by atoms with Crippen LogP contribution in [0.4, 0.5) is 9.93 Å². The first-order valence-corrected chi connectivity index (χ1v) is 16.3. The summed E-state index contributed by atoms with van der Waals surface area (Å²) in [7, 11) is -2.98. The van der Waals surface area contributed by atoms with E-state index in [0.29, 0.717) is 23.0 Å². The van der Waals surface area contributed by atoms with Crippen LogP contribution >= 0.6 is 11.3 Å². The van der Waals surface area contributed by atoms with Crippen molar-refractivity contribution >= 4 is 32.3 Å². The Morgan fingerprint density at radius 1 is 1.03 bits per heavy atom. The number of amides is 2. The van der Waals surface area contributed by atoms with Crippen molar-refractivity contribution in [1.29, 1.82) is 0 Å². The molecule has 9 heteroatoms. The van der Waals surface area contributed by atoms with E-state index in [9.17, 15) is 13.2 Å². The Kier molecular flexibility index (Phi) is 9.49. The number of rotatable bonds is 8. The molecule has 2 heterocycles. The normalized spacial score (nSPS) is 21.9. The fraction of sp³-hybridized carbons (Fsp3) is 0.846. The predicted molar refractivity (Wildman–Crippen MR) is 144 cm³/mol. The second-order valence-electron chi connectivity index (χ2n) is 11.2. The van der Waals surface area contributed by atoms with Gasteiger partial charge in [-0.1, -0.05) is 38.5 Å². The Bertz CT molecular complexity index is 895. The second-order valence-corrected chi connectivity index (χ2v) is 14.9. The molecule has 1 saturated heterocycles. The van der Waals surface area contributed by atoms with Gasteiger partial charge in [0.1, 0.15) is 0 Å². The molecular formula is C26H44N4O3S2. The van der Waals surface area contributed by atoms with Gasteiger partial charge in [0.2, 0.25) is 0 Å². The first kappa shape index (κ1) is 26.9. The second kappa shape index (κ2) is 12.4. The van der Waals surface area contributed by atoms with Gasteiger partial charge in [-0.15, -0.1) is 11.3 Å². The summed E-state index contributed by atoms with van der Waals surface area (Å²) in [4.78, 5) is 23.7. The lowest BCUT2D eigenvalue weighted by Crippen LogP contribution is -2.50. The number of nitrogens with zero attached hydrogens (tertiary/aromatic N) is 3. The molecule has 0 unspecified atom stereocenters. The number of hydrogen-bond acceptors (Lipinski definition) is 6. The van der Waals surface area contributed by atoms with Crippen LogP contribution in [0, 0.1) is 5.92 Å². The third-order valence-electron chi connectivity index (χ3n) is 8.21. The zero-order valence-electron chi connectivity index (χ0n) is 21.6. The molecule has 4 rings (SSSR count). The van der Waals surface area contributed by atoms with E-state index in [0.717, 1.165) is 63.0 Å². The zero-order chi connectivity index (χ0) is 24.8. The van der Waals surface area contributed by atoms with Crippen LogP contribution in [0.1, 0.15) is 95.8 Å². The number of likely N-dealkylation sites (tertiary alicyclic amines) is 1. The van der Waals surface area contributed by atoms with Crippen LogP contribution in [-0.2, 0) is 16.4 Å². The highest BCUT2D eigenvalue weighted by molar-refractivity contribution is 7.91. The molecule has 1 N–H and O–H groups in total. The van der Waals surface area contributed by atoms with Crippen molar-refractivity contribution in [2.75, 3.05) is 24.2 Å². The SMILES string of the molecule is CC(C)S(=O)(=O)CC1CCN(Cc2cnc(NC(=O)N(C3CCCCC3)C3CCCCC3)s2)CC1. The molecule has 1 aliphatic heterocycles. The molecule has 3 fully saturated rings. The maximum atomic E-state index is 13.4. The molecule has 1 aromatic heterocycles. The predicted octanol–water partition coefficient (Wildman–Crippen LogP) is 5.68. The smallest absolute Gasteiger partial charge is 0.319 e. The summed E-state index contributed by atoms with van der Waals surface area (Å²) >= 11 is 1.57. The van der Waals surface area contributed by atoms with Gasteiger partial charge >= 0.3 is 6.03 Å². The first-order valence-electron chi connectivity index (χ1n) is 13.8. The number of carbonyl (C=O) groups is 1. The number of anilines is 1. The summed E-state index contributed by atoms with van der Waals surface area (Å²) in [5.41, 5.74) is 0. The van der Waals surface area contributed by atoms with Crippen molar-refractivity contribution in [3.05, 3.63) is 11.1 Å². The number of urea groups is 1. The molecule has 0 radical (unpaired) electrons. The van der Waals surface area contributed by atoms with E-state index in [4.69, 9.17) is 0 Å². The molecule has 35 heavy (non-hydrogen) atoms. The summed E-state index contributed by atoms with van der Waals surface area (Å²) in [6, 6.07) is 0.774. The van der Waals surface area contributed by atoms with Crippen molar-refractivity contribution in [3.63, 3.8) is 0 Å². The van der Waals surface area contributed by atoms with E-state index >= 15 is 0 Å². The van der Waals surface area contributed by atoms with E-state index in [2.05, 4.69) is 20.1 Å². The number of sulfone groups is 1. The van der Waals surface area contributed by atoms with Crippen LogP contribution in [-0.4, -0.2) is 65.4 Å². The third-order valence-corrected chi connectivity index (χ3v) is 11.5. The number of nitrogens with one attached hydrogen (secondary N) is 1. The third kappa shape index (κ3) is 7.41. The van der Waals surface area contributed by atoms with Crippen molar-refractivity contribution in [2.45, 2.75) is 115 Å². The Hall–Kier alpha value is -1.19. The maximum absolute atomic E-state index is 13.4. The quantitative estimate of drug-likeness (QED) is 0.473.